The minimum atomic E-state index is 0.275. The SMILES string of the molecule is CCNC(C)c1cc(C)cnc1N. The molecule has 0 aliphatic heterocycles. The molecule has 1 rings (SSSR count). The van der Waals surface area contributed by atoms with E-state index in [9.17, 15) is 0 Å². The Morgan fingerprint density at radius 2 is 2.31 bits per heavy atom. The van der Waals surface area contributed by atoms with Gasteiger partial charge in [-0.25, -0.2) is 4.98 Å². The molecule has 0 bridgehead atoms. The zero-order valence-corrected chi connectivity index (χ0v) is 8.46. The van der Waals surface area contributed by atoms with Crippen LogP contribution in [0.15, 0.2) is 12.3 Å². The maximum absolute atomic E-state index is 5.77. The van der Waals surface area contributed by atoms with Gasteiger partial charge in [0.15, 0.2) is 0 Å². The molecule has 1 heterocycles. The van der Waals surface area contributed by atoms with Crippen LogP contribution in [0.25, 0.3) is 0 Å². The Morgan fingerprint density at radius 1 is 1.62 bits per heavy atom. The van der Waals surface area contributed by atoms with Crippen molar-refractivity contribution in [1.29, 1.82) is 0 Å². The largest absolute Gasteiger partial charge is 0.383 e. The van der Waals surface area contributed by atoms with Crippen LogP contribution in [0.1, 0.15) is 31.0 Å². The number of rotatable bonds is 3. The first-order valence-corrected chi connectivity index (χ1v) is 4.60. The highest BCUT2D eigenvalue weighted by Gasteiger charge is 2.08. The van der Waals surface area contributed by atoms with E-state index in [1.54, 1.807) is 6.20 Å². The second-order valence-electron chi connectivity index (χ2n) is 3.27. The molecule has 0 fully saturated rings. The molecule has 0 radical (unpaired) electrons. The fourth-order valence-corrected chi connectivity index (χ4v) is 1.37. The second kappa shape index (κ2) is 4.23. The van der Waals surface area contributed by atoms with Gasteiger partial charge in [-0.2, -0.15) is 0 Å². The van der Waals surface area contributed by atoms with Crippen LogP contribution in [0.2, 0.25) is 0 Å². The number of hydrogen-bond donors (Lipinski definition) is 2. The molecule has 72 valence electrons. The molecule has 0 saturated heterocycles. The monoisotopic (exact) mass is 179 g/mol. The highest BCUT2D eigenvalue weighted by atomic mass is 14.9. The van der Waals surface area contributed by atoms with E-state index in [1.807, 2.05) is 6.92 Å². The van der Waals surface area contributed by atoms with Gasteiger partial charge in [-0.15, -0.1) is 0 Å². The lowest BCUT2D eigenvalue weighted by atomic mass is 10.1. The summed E-state index contributed by atoms with van der Waals surface area (Å²) in [6.07, 6.45) is 1.79. The molecule has 0 aliphatic rings. The molecule has 1 aromatic rings. The second-order valence-corrected chi connectivity index (χ2v) is 3.27. The number of aromatic nitrogens is 1. The van der Waals surface area contributed by atoms with Gasteiger partial charge in [0.2, 0.25) is 0 Å². The van der Waals surface area contributed by atoms with Gasteiger partial charge in [-0.3, -0.25) is 0 Å². The molecule has 1 atom stereocenters. The molecule has 3 N–H and O–H groups in total. The van der Waals surface area contributed by atoms with Crippen LogP contribution in [-0.2, 0) is 0 Å². The van der Waals surface area contributed by atoms with Gasteiger partial charge in [-0.1, -0.05) is 6.92 Å². The van der Waals surface area contributed by atoms with Gasteiger partial charge in [0.05, 0.1) is 0 Å². The summed E-state index contributed by atoms with van der Waals surface area (Å²) in [5, 5.41) is 3.31. The summed E-state index contributed by atoms with van der Waals surface area (Å²) in [5.74, 6) is 0.624. The molecule has 0 aromatic carbocycles. The molecular formula is C10H17N3. The normalized spacial score (nSPS) is 12.8. The Morgan fingerprint density at radius 3 is 2.92 bits per heavy atom. The molecule has 1 aromatic heterocycles. The smallest absolute Gasteiger partial charge is 0.128 e. The molecule has 0 saturated carbocycles. The van der Waals surface area contributed by atoms with Crippen molar-refractivity contribution < 1.29 is 0 Å². The van der Waals surface area contributed by atoms with Crippen molar-refractivity contribution in [3.63, 3.8) is 0 Å². The van der Waals surface area contributed by atoms with Crippen LogP contribution in [0.5, 0.6) is 0 Å². The number of aryl methyl sites for hydroxylation is 1. The van der Waals surface area contributed by atoms with E-state index in [0.29, 0.717) is 5.82 Å². The average molecular weight is 179 g/mol. The third kappa shape index (κ3) is 2.42. The molecule has 3 nitrogen and oxygen atoms in total. The summed E-state index contributed by atoms with van der Waals surface area (Å²) >= 11 is 0. The molecule has 1 unspecified atom stereocenters. The number of anilines is 1. The Hall–Kier alpha value is -1.09. The minimum absolute atomic E-state index is 0.275. The lowest BCUT2D eigenvalue weighted by molar-refractivity contribution is 0.598. The molecule has 0 spiro atoms. The van der Waals surface area contributed by atoms with E-state index < -0.39 is 0 Å². The van der Waals surface area contributed by atoms with Crippen molar-refractivity contribution in [3.05, 3.63) is 23.4 Å². The quantitative estimate of drug-likeness (QED) is 0.741. The summed E-state index contributed by atoms with van der Waals surface area (Å²) < 4.78 is 0. The van der Waals surface area contributed by atoms with Gasteiger partial charge in [0.1, 0.15) is 5.82 Å². The Balaban J connectivity index is 2.91. The lowest BCUT2D eigenvalue weighted by Gasteiger charge is -2.14. The van der Waals surface area contributed by atoms with Gasteiger partial charge >= 0.3 is 0 Å². The predicted molar refractivity (Wildman–Crippen MR) is 55.5 cm³/mol. The van der Waals surface area contributed by atoms with Crippen molar-refractivity contribution in [1.82, 2.24) is 10.3 Å². The van der Waals surface area contributed by atoms with E-state index in [1.165, 1.54) is 0 Å². The number of nitrogens with two attached hydrogens (primary N) is 1. The number of pyridine rings is 1. The minimum Gasteiger partial charge on any atom is -0.383 e. The first-order valence-electron chi connectivity index (χ1n) is 4.60. The summed E-state index contributed by atoms with van der Waals surface area (Å²) in [7, 11) is 0. The number of nitrogen functional groups attached to an aromatic ring is 1. The van der Waals surface area contributed by atoms with Crippen molar-refractivity contribution in [2.24, 2.45) is 0 Å². The maximum atomic E-state index is 5.77. The van der Waals surface area contributed by atoms with Crippen molar-refractivity contribution in [2.75, 3.05) is 12.3 Å². The number of hydrogen-bond acceptors (Lipinski definition) is 3. The molecule has 0 aliphatic carbocycles. The van der Waals surface area contributed by atoms with Crippen LogP contribution in [0.4, 0.5) is 5.82 Å². The molecular weight excluding hydrogens is 162 g/mol. The third-order valence-corrected chi connectivity index (χ3v) is 2.06. The summed E-state index contributed by atoms with van der Waals surface area (Å²) in [6.45, 7) is 7.13. The third-order valence-electron chi connectivity index (χ3n) is 2.06. The Bertz CT molecular complexity index is 283. The van der Waals surface area contributed by atoms with Crippen molar-refractivity contribution in [3.8, 4) is 0 Å². The van der Waals surface area contributed by atoms with Gasteiger partial charge in [0.25, 0.3) is 0 Å². The first kappa shape index (κ1) is 9.99. The highest BCUT2D eigenvalue weighted by Crippen LogP contribution is 2.18. The van der Waals surface area contributed by atoms with E-state index in [4.69, 9.17) is 5.73 Å². The number of nitrogens with one attached hydrogen (secondary N) is 1. The standard InChI is InChI=1S/C10H17N3/c1-4-12-8(3)9-5-7(2)6-13-10(9)11/h5-6,8,12H,4H2,1-3H3,(H2,11,13). The summed E-state index contributed by atoms with van der Waals surface area (Å²) in [6, 6.07) is 2.35. The maximum Gasteiger partial charge on any atom is 0.128 e. The molecule has 13 heavy (non-hydrogen) atoms. The van der Waals surface area contributed by atoms with E-state index in [2.05, 4.69) is 30.2 Å². The summed E-state index contributed by atoms with van der Waals surface area (Å²) in [5.41, 5.74) is 8.00. The van der Waals surface area contributed by atoms with Crippen molar-refractivity contribution in [2.45, 2.75) is 26.8 Å². The average Bonchev–Trinajstić information content (AvgIpc) is 2.09. The van der Waals surface area contributed by atoms with Crippen molar-refractivity contribution >= 4 is 5.82 Å². The fraction of sp³-hybridized carbons (Fsp3) is 0.500. The zero-order chi connectivity index (χ0) is 9.84. The van der Waals surface area contributed by atoms with Crippen LogP contribution >= 0.6 is 0 Å². The van der Waals surface area contributed by atoms with E-state index in [0.717, 1.165) is 17.7 Å². The van der Waals surface area contributed by atoms with Gasteiger partial charge < -0.3 is 11.1 Å². The predicted octanol–water partition coefficient (Wildman–Crippen LogP) is 1.64. The topological polar surface area (TPSA) is 50.9 Å². The first-order chi connectivity index (χ1) is 6.15. The van der Waals surface area contributed by atoms with Gasteiger partial charge in [0, 0.05) is 17.8 Å². The lowest BCUT2D eigenvalue weighted by Crippen LogP contribution is -2.19. The zero-order valence-electron chi connectivity index (χ0n) is 8.46. The fourth-order valence-electron chi connectivity index (χ4n) is 1.37. The van der Waals surface area contributed by atoms with Crippen LogP contribution in [0.3, 0.4) is 0 Å². The van der Waals surface area contributed by atoms with Crippen LogP contribution in [-0.4, -0.2) is 11.5 Å². The van der Waals surface area contributed by atoms with Crippen LogP contribution in [0, 0.1) is 6.92 Å². The summed E-state index contributed by atoms with van der Waals surface area (Å²) in [4.78, 5) is 4.12. The highest BCUT2D eigenvalue weighted by molar-refractivity contribution is 5.42. The Kier molecular flexibility index (Phi) is 3.25. The van der Waals surface area contributed by atoms with Crippen LogP contribution < -0.4 is 11.1 Å². The Labute approximate surface area is 79.4 Å². The number of nitrogens with zero attached hydrogens (tertiary/aromatic N) is 1. The molecule has 0 amide bonds. The van der Waals surface area contributed by atoms with E-state index in [-0.39, 0.29) is 6.04 Å². The molecule has 3 heteroatoms. The van der Waals surface area contributed by atoms with Gasteiger partial charge in [-0.05, 0) is 32.0 Å². The van der Waals surface area contributed by atoms with E-state index >= 15 is 0 Å².